The molecule has 7 heteroatoms. The van der Waals surface area contributed by atoms with Gasteiger partial charge in [-0.1, -0.05) is 200 Å². The van der Waals surface area contributed by atoms with Gasteiger partial charge in [0, 0.05) is 84.6 Å². The Morgan fingerprint density at radius 2 is 1.07 bits per heavy atom. The molecule has 6 nitrogen and oxygen atoms in total. The van der Waals surface area contributed by atoms with Crippen LogP contribution in [0.1, 0.15) is 136 Å². The van der Waals surface area contributed by atoms with Crippen molar-refractivity contribution in [1.82, 2.24) is 9.55 Å². The minimum atomic E-state index is -0.285. The van der Waals surface area contributed by atoms with E-state index in [9.17, 15) is 4.11 Å². The fourth-order valence-corrected chi connectivity index (χ4v) is 11.1. The second kappa shape index (κ2) is 19.9. The summed E-state index contributed by atoms with van der Waals surface area (Å²) in [5.41, 5.74) is 15.9. The van der Waals surface area contributed by atoms with Crippen molar-refractivity contribution >= 4 is 66.5 Å². The second-order valence-electron chi connectivity index (χ2n) is 26.9. The number of nitrogens with zero attached hydrogens (tertiary/aromatic N) is 4. The third-order valence-electron chi connectivity index (χ3n) is 15.9. The van der Waals surface area contributed by atoms with Crippen LogP contribution in [0.4, 0.5) is 22.7 Å². The Hall–Kier alpha value is -7.40. The third kappa shape index (κ3) is 10.2. The summed E-state index contributed by atoms with van der Waals surface area (Å²) in [6.45, 7) is 35.9. The minimum absolute atomic E-state index is 0. The molecule has 11 aromatic rings. The monoisotopic (exact) mass is 1250 g/mol. The number of benzene rings is 8. The number of aromatic nitrogens is 2. The summed E-state index contributed by atoms with van der Waals surface area (Å²) in [6.07, 6.45) is 1.85. The van der Waals surface area contributed by atoms with Crippen molar-refractivity contribution < 1.29 is 34.3 Å². The van der Waals surface area contributed by atoms with Gasteiger partial charge in [0.25, 0.3) is 0 Å². The number of furan rings is 1. The quantitative estimate of drug-likeness (QED) is 0.149. The fraction of sp³-hybridized carbons (Fsp3) is 0.270. The molecular weight excluding hydrogens is 1170 g/mol. The molecule has 0 radical (unpaired) electrons. The maximum absolute atomic E-state index is 9.63. The number of fused-ring (bicyclic) bond motifs is 8. The molecule has 0 aliphatic carbocycles. The number of hydrogen-bond donors (Lipinski definition) is 0. The van der Waals surface area contributed by atoms with Crippen molar-refractivity contribution in [3.8, 4) is 39.6 Å². The Bertz CT molecular complexity index is 4260. The zero-order chi connectivity index (χ0) is 59.0. The molecule has 414 valence electrons. The molecule has 0 saturated heterocycles. The molecule has 3 aromatic heterocycles. The van der Waals surface area contributed by atoms with E-state index >= 15 is 0 Å². The van der Waals surface area contributed by atoms with Gasteiger partial charge in [-0.3, -0.25) is 0 Å². The van der Waals surface area contributed by atoms with Crippen LogP contribution in [0.2, 0.25) is 0 Å². The van der Waals surface area contributed by atoms with Gasteiger partial charge >= 0.3 is 0 Å². The van der Waals surface area contributed by atoms with Crippen LogP contribution >= 0.6 is 0 Å². The molecule has 0 bridgehead atoms. The van der Waals surface area contributed by atoms with E-state index in [2.05, 4.69) is 216 Å². The average Bonchev–Trinajstić information content (AvgIpc) is 3.71. The number of ether oxygens (including phenoxy) is 1. The van der Waals surface area contributed by atoms with Gasteiger partial charge in [-0.2, -0.15) is 12.1 Å². The molecule has 8 aromatic carbocycles. The van der Waals surface area contributed by atoms with Crippen molar-refractivity contribution in [2.75, 3.05) is 9.80 Å². The van der Waals surface area contributed by atoms with Gasteiger partial charge in [0.2, 0.25) is 0 Å². The first-order valence-corrected chi connectivity index (χ1v) is 28.0. The van der Waals surface area contributed by atoms with Crippen LogP contribution in [-0.2, 0) is 48.1 Å². The number of anilines is 4. The van der Waals surface area contributed by atoms with Crippen molar-refractivity contribution in [2.45, 2.75) is 131 Å². The van der Waals surface area contributed by atoms with E-state index in [1.807, 2.05) is 66.3 Å². The Morgan fingerprint density at radius 1 is 0.519 bits per heavy atom. The van der Waals surface area contributed by atoms with E-state index in [0.717, 1.165) is 83.1 Å². The van der Waals surface area contributed by atoms with Crippen molar-refractivity contribution in [3.63, 3.8) is 0 Å². The number of pyridine rings is 1. The van der Waals surface area contributed by atoms with E-state index in [-0.39, 0.29) is 77.7 Å². The van der Waals surface area contributed by atoms with Crippen molar-refractivity contribution in [1.29, 1.82) is 0 Å². The molecule has 4 heterocycles. The molecule has 81 heavy (non-hydrogen) atoms. The maximum atomic E-state index is 9.63. The van der Waals surface area contributed by atoms with E-state index < -0.39 is 0 Å². The topological polar surface area (TPSA) is 46.7 Å². The minimum Gasteiger partial charge on any atom is -0.509 e. The molecule has 0 fully saturated rings. The van der Waals surface area contributed by atoms with E-state index in [4.69, 9.17) is 14.1 Å². The Morgan fingerprint density at radius 3 is 1.67 bits per heavy atom. The van der Waals surface area contributed by atoms with Crippen LogP contribution in [0.15, 0.2) is 168 Å². The normalized spacial score (nSPS) is 13.9. The van der Waals surface area contributed by atoms with Crippen molar-refractivity contribution in [3.05, 3.63) is 210 Å². The molecule has 0 amide bonds. The summed E-state index contributed by atoms with van der Waals surface area (Å²) in [5, 5.41) is 3.86. The van der Waals surface area contributed by atoms with Crippen LogP contribution < -0.4 is 14.5 Å². The van der Waals surface area contributed by atoms with E-state index in [1.54, 1.807) is 0 Å². The predicted octanol–water partition coefficient (Wildman–Crippen LogP) is 20.7. The third-order valence-corrected chi connectivity index (χ3v) is 15.9. The summed E-state index contributed by atoms with van der Waals surface area (Å²) in [4.78, 5) is 9.12. The summed E-state index contributed by atoms with van der Waals surface area (Å²) >= 11 is 0. The van der Waals surface area contributed by atoms with Crippen LogP contribution in [-0.4, -0.2) is 9.55 Å². The summed E-state index contributed by atoms with van der Waals surface area (Å²) in [6, 6.07) is 55.7. The Balaban J connectivity index is 0.00000736. The average molecular weight is 1250 g/mol. The first-order chi connectivity index (χ1) is 39.0. The van der Waals surface area contributed by atoms with Gasteiger partial charge in [0.05, 0.1) is 0 Å². The zero-order valence-corrected chi connectivity index (χ0v) is 51.6. The van der Waals surface area contributed by atoms with Crippen LogP contribution in [0, 0.1) is 18.8 Å². The molecule has 1 aliphatic heterocycles. The molecule has 0 N–H and O–H groups in total. The molecule has 0 unspecified atom stereocenters. The summed E-state index contributed by atoms with van der Waals surface area (Å²) in [7, 11) is 0. The van der Waals surface area contributed by atoms with Gasteiger partial charge < -0.3 is 23.5 Å². The standard InChI is InChI=1S/C74H73N4O2.Pt/c1-70(2,3)48-34-35-75-66(42-48)78-63-33-32-59-58-24-16-19-29-65(58)80-69(59)67(63)60-31-30-55(44-64(60)78)79-54-23-20-22-53(43-54)76-45-77(62-28-18-17-27-61(62)76)68-56(46-36-49(71(4,5)6)40-50(37-46)72(7,8)9)25-21-26-57(68)47-38-51(73(10,11)12)41-52(39-47)74(13,14)15;/h16-42,45H,1-15H3;/q-3;/i20D,22D,23D;. The van der Waals surface area contributed by atoms with E-state index in [0.29, 0.717) is 17.1 Å². The Labute approximate surface area is 498 Å². The van der Waals surface area contributed by atoms with Crippen LogP contribution in [0.3, 0.4) is 0 Å². The summed E-state index contributed by atoms with van der Waals surface area (Å²) in [5.74, 6) is 1.03. The molecule has 0 spiro atoms. The van der Waals surface area contributed by atoms with Gasteiger partial charge in [-0.05, 0) is 117 Å². The smallest absolute Gasteiger partial charge is 0.135 e. The van der Waals surface area contributed by atoms with Crippen molar-refractivity contribution in [2.24, 2.45) is 0 Å². The molecule has 0 saturated carbocycles. The molecule has 1 aliphatic rings. The van der Waals surface area contributed by atoms with Gasteiger partial charge in [0.15, 0.2) is 0 Å². The second-order valence-corrected chi connectivity index (χ2v) is 26.9. The number of rotatable bonds is 7. The summed E-state index contributed by atoms with van der Waals surface area (Å²) < 4.78 is 43.9. The first-order valence-electron chi connectivity index (χ1n) is 29.5. The molecular formula is C74H73N4O2Pt-3. The zero-order valence-electron chi connectivity index (χ0n) is 52.4. The largest absolute Gasteiger partial charge is 0.509 e. The fourth-order valence-electron chi connectivity index (χ4n) is 11.1. The molecule has 12 rings (SSSR count). The molecule has 0 atom stereocenters. The number of para-hydroxylation sites is 4. The first kappa shape index (κ1) is 51.7. The van der Waals surface area contributed by atoms with Crippen LogP contribution in [0.25, 0.3) is 71.8 Å². The van der Waals surface area contributed by atoms with Gasteiger partial charge in [-0.15, -0.1) is 42.6 Å². The van der Waals surface area contributed by atoms with E-state index in [1.165, 1.54) is 22.3 Å². The number of hydrogen-bond acceptors (Lipinski definition) is 5. The Kier molecular flexibility index (Phi) is 12.7. The van der Waals surface area contributed by atoms with Gasteiger partial charge in [0.1, 0.15) is 17.0 Å². The van der Waals surface area contributed by atoms with Gasteiger partial charge in [-0.25, -0.2) is 4.98 Å². The predicted molar refractivity (Wildman–Crippen MR) is 336 cm³/mol. The maximum Gasteiger partial charge on any atom is 0.135 e. The van der Waals surface area contributed by atoms with Crippen LogP contribution in [0.5, 0.6) is 11.5 Å². The SMILES string of the molecule is [2H]c1c(Oc2[c-]c3c(cc2)c2c4oc5ccccc5c4ccc2n3-c2cc(C(C)(C)C)ccn2)[c-]c(N2[CH-]N(c3c(-c4cc(C(C)(C)C)cc(C(C)(C)C)c4)cccc3-c3cc(C(C)(C)C)cc(C(C)(C)C)c3)c3ccccc32)c([2H])c1[2H].[Pt].